The second-order valence-corrected chi connectivity index (χ2v) is 4.10. The van der Waals surface area contributed by atoms with Gasteiger partial charge in [-0.3, -0.25) is 4.68 Å². The summed E-state index contributed by atoms with van der Waals surface area (Å²) in [5.74, 6) is 0. The molecule has 4 heteroatoms. The van der Waals surface area contributed by atoms with Gasteiger partial charge in [0.1, 0.15) is 5.60 Å². The van der Waals surface area contributed by atoms with Crippen LogP contribution in [0, 0.1) is 0 Å². The van der Waals surface area contributed by atoms with Crippen molar-refractivity contribution in [3.8, 4) is 0 Å². The Kier molecular flexibility index (Phi) is 2.33. The van der Waals surface area contributed by atoms with Crippen molar-refractivity contribution in [3.05, 3.63) is 18.0 Å². The smallest absolute Gasteiger partial charge is 0.106 e. The van der Waals surface area contributed by atoms with E-state index in [9.17, 15) is 5.11 Å². The molecule has 78 valence electrons. The Balaban J connectivity index is 2.21. The van der Waals surface area contributed by atoms with Gasteiger partial charge in [-0.1, -0.05) is 0 Å². The molecule has 0 spiro atoms. The summed E-state index contributed by atoms with van der Waals surface area (Å²) in [5.41, 5.74) is 0.269. The summed E-state index contributed by atoms with van der Waals surface area (Å²) in [6, 6.07) is 0. The fourth-order valence-electron chi connectivity index (χ4n) is 1.99. The van der Waals surface area contributed by atoms with Gasteiger partial charge in [-0.05, 0) is 20.4 Å². The third-order valence-corrected chi connectivity index (χ3v) is 2.93. The molecule has 1 atom stereocenters. The second kappa shape index (κ2) is 3.37. The lowest BCUT2D eigenvalue weighted by Gasteiger charge is -2.20. The minimum Gasteiger partial charge on any atom is -0.384 e. The van der Waals surface area contributed by atoms with Gasteiger partial charge in [0, 0.05) is 31.4 Å². The molecule has 0 radical (unpaired) electrons. The topological polar surface area (TPSA) is 41.3 Å². The van der Waals surface area contributed by atoms with Crippen LogP contribution in [0.1, 0.15) is 18.9 Å². The lowest BCUT2D eigenvalue weighted by molar-refractivity contribution is 0.0488. The number of likely N-dealkylation sites (N-methyl/N-ethyl adjacent to an activating group) is 1. The summed E-state index contributed by atoms with van der Waals surface area (Å²) in [6.07, 6.45) is 4.53. The molecule has 0 amide bonds. The molecule has 1 saturated heterocycles. The van der Waals surface area contributed by atoms with Gasteiger partial charge in [-0.25, -0.2) is 0 Å². The first-order valence-corrected chi connectivity index (χ1v) is 5.08. The number of likely N-dealkylation sites (tertiary alicyclic amines) is 1. The van der Waals surface area contributed by atoms with E-state index in [2.05, 4.69) is 10.00 Å². The number of β-amino-alcohol motifs (C(OH)–C–C–N with tert-alkyl or cyclic N) is 1. The average Bonchev–Trinajstić information content (AvgIpc) is 2.73. The van der Waals surface area contributed by atoms with Gasteiger partial charge in [-0.15, -0.1) is 0 Å². The maximum absolute atomic E-state index is 10.3. The molecule has 0 saturated carbocycles. The summed E-state index contributed by atoms with van der Waals surface area (Å²) in [7, 11) is 2.03. The zero-order valence-corrected chi connectivity index (χ0v) is 8.77. The number of aliphatic hydroxyl groups is 1. The standard InChI is InChI=1S/C10H17N3O/c1-3-13-7-9(6-11-13)10(14)4-5-12(2)8-10/h6-7,14H,3-5,8H2,1-2H3. The molecule has 14 heavy (non-hydrogen) atoms. The molecule has 2 heterocycles. The molecule has 0 aromatic carbocycles. The largest absolute Gasteiger partial charge is 0.384 e. The lowest BCUT2D eigenvalue weighted by Crippen LogP contribution is -2.28. The quantitative estimate of drug-likeness (QED) is 0.744. The molecule has 1 N–H and O–H groups in total. The van der Waals surface area contributed by atoms with E-state index in [4.69, 9.17) is 0 Å². The molecule has 1 aliphatic heterocycles. The predicted octanol–water partition coefficient (Wildman–Crippen LogP) is 0.426. The van der Waals surface area contributed by atoms with Crippen LogP contribution in [-0.4, -0.2) is 39.9 Å². The molecule has 1 aromatic rings. The van der Waals surface area contributed by atoms with E-state index in [-0.39, 0.29) is 0 Å². The molecular formula is C10H17N3O. The zero-order valence-electron chi connectivity index (χ0n) is 8.77. The zero-order chi connectivity index (χ0) is 10.2. The SMILES string of the molecule is CCn1cc(C2(O)CCN(C)C2)cn1. The van der Waals surface area contributed by atoms with Crippen LogP contribution >= 0.6 is 0 Å². The molecule has 0 bridgehead atoms. The summed E-state index contributed by atoms with van der Waals surface area (Å²) < 4.78 is 1.85. The summed E-state index contributed by atoms with van der Waals surface area (Å²) in [6.45, 7) is 4.56. The van der Waals surface area contributed by atoms with Gasteiger partial charge in [0.25, 0.3) is 0 Å². The minimum atomic E-state index is -0.678. The first-order valence-electron chi connectivity index (χ1n) is 5.08. The maximum atomic E-state index is 10.3. The number of aromatic nitrogens is 2. The number of aryl methyl sites for hydroxylation is 1. The fourth-order valence-corrected chi connectivity index (χ4v) is 1.99. The van der Waals surface area contributed by atoms with E-state index in [1.54, 1.807) is 6.20 Å². The number of hydrogen-bond acceptors (Lipinski definition) is 3. The van der Waals surface area contributed by atoms with E-state index < -0.39 is 5.60 Å². The van der Waals surface area contributed by atoms with Crippen molar-refractivity contribution in [2.45, 2.75) is 25.5 Å². The van der Waals surface area contributed by atoms with Crippen molar-refractivity contribution in [1.82, 2.24) is 14.7 Å². The van der Waals surface area contributed by atoms with Gasteiger partial charge >= 0.3 is 0 Å². The van der Waals surface area contributed by atoms with Crippen molar-refractivity contribution in [2.75, 3.05) is 20.1 Å². The van der Waals surface area contributed by atoms with E-state index in [1.807, 2.05) is 24.9 Å². The highest BCUT2D eigenvalue weighted by atomic mass is 16.3. The van der Waals surface area contributed by atoms with Crippen molar-refractivity contribution in [1.29, 1.82) is 0 Å². The van der Waals surface area contributed by atoms with E-state index in [0.29, 0.717) is 6.54 Å². The van der Waals surface area contributed by atoms with Gasteiger partial charge in [-0.2, -0.15) is 5.10 Å². The van der Waals surface area contributed by atoms with Crippen LogP contribution in [0.2, 0.25) is 0 Å². The normalized spacial score (nSPS) is 28.5. The highest BCUT2D eigenvalue weighted by Crippen LogP contribution is 2.30. The van der Waals surface area contributed by atoms with Crippen LogP contribution in [0.4, 0.5) is 0 Å². The van der Waals surface area contributed by atoms with Crippen LogP contribution in [0.3, 0.4) is 0 Å². The summed E-state index contributed by atoms with van der Waals surface area (Å²) >= 11 is 0. The van der Waals surface area contributed by atoms with Crippen LogP contribution in [0.25, 0.3) is 0 Å². The molecule has 1 unspecified atom stereocenters. The average molecular weight is 195 g/mol. The van der Waals surface area contributed by atoms with Crippen molar-refractivity contribution >= 4 is 0 Å². The second-order valence-electron chi connectivity index (χ2n) is 4.10. The van der Waals surface area contributed by atoms with Crippen molar-refractivity contribution in [2.24, 2.45) is 0 Å². The van der Waals surface area contributed by atoms with Crippen molar-refractivity contribution in [3.63, 3.8) is 0 Å². The molecule has 0 aliphatic carbocycles. The van der Waals surface area contributed by atoms with Crippen LogP contribution in [0.15, 0.2) is 12.4 Å². The lowest BCUT2D eigenvalue weighted by atomic mass is 9.96. The minimum absolute atomic E-state index is 0.678. The highest BCUT2D eigenvalue weighted by Gasteiger charge is 2.36. The first kappa shape index (κ1) is 9.68. The van der Waals surface area contributed by atoms with Crippen molar-refractivity contribution < 1.29 is 5.11 Å². The molecule has 2 rings (SSSR count). The van der Waals surface area contributed by atoms with E-state index in [0.717, 1.165) is 25.1 Å². The van der Waals surface area contributed by atoms with Crippen LogP contribution in [0.5, 0.6) is 0 Å². The molecule has 1 aliphatic rings. The number of rotatable bonds is 2. The van der Waals surface area contributed by atoms with Crippen LogP contribution < -0.4 is 0 Å². The van der Waals surface area contributed by atoms with E-state index >= 15 is 0 Å². The monoisotopic (exact) mass is 195 g/mol. The third kappa shape index (κ3) is 1.55. The maximum Gasteiger partial charge on any atom is 0.106 e. The first-order chi connectivity index (χ1) is 6.64. The molecule has 4 nitrogen and oxygen atoms in total. The Bertz CT molecular complexity index is 323. The van der Waals surface area contributed by atoms with Gasteiger partial charge < -0.3 is 10.0 Å². The Morgan fingerprint density at radius 2 is 2.43 bits per heavy atom. The predicted molar refractivity (Wildman–Crippen MR) is 53.9 cm³/mol. The molecule has 1 fully saturated rings. The van der Waals surface area contributed by atoms with Gasteiger partial charge in [0.2, 0.25) is 0 Å². The van der Waals surface area contributed by atoms with Crippen LogP contribution in [-0.2, 0) is 12.1 Å². The Hall–Kier alpha value is -0.870. The summed E-state index contributed by atoms with van der Waals surface area (Å²) in [5, 5.41) is 14.5. The number of hydrogen-bond donors (Lipinski definition) is 1. The molecular weight excluding hydrogens is 178 g/mol. The van der Waals surface area contributed by atoms with E-state index in [1.165, 1.54) is 0 Å². The highest BCUT2D eigenvalue weighted by molar-refractivity contribution is 5.17. The fraction of sp³-hybridized carbons (Fsp3) is 0.700. The van der Waals surface area contributed by atoms with Gasteiger partial charge in [0.15, 0.2) is 0 Å². The Morgan fingerprint density at radius 1 is 1.64 bits per heavy atom. The van der Waals surface area contributed by atoms with Gasteiger partial charge in [0.05, 0.1) is 6.20 Å². The molecule has 1 aromatic heterocycles. The Labute approximate surface area is 84.1 Å². The summed E-state index contributed by atoms with van der Waals surface area (Å²) in [4.78, 5) is 2.14. The number of nitrogens with zero attached hydrogens (tertiary/aromatic N) is 3. The Morgan fingerprint density at radius 3 is 2.93 bits per heavy atom. The third-order valence-electron chi connectivity index (χ3n) is 2.93.